The fourth-order valence-corrected chi connectivity index (χ4v) is 5.12. The van der Waals surface area contributed by atoms with Crippen molar-refractivity contribution in [3.05, 3.63) is 63.1 Å². The number of rotatable bonds is 6. The van der Waals surface area contributed by atoms with Gasteiger partial charge in [0.1, 0.15) is 23.0 Å². The molecule has 1 fully saturated rings. The van der Waals surface area contributed by atoms with E-state index in [1.54, 1.807) is 25.5 Å². The molecule has 0 amide bonds. The van der Waals surface area contributed by atoms with Crippen molar-refractivity contribution in [2.24, 2.45) is 7.05 Å². The van der Waals surface area contributed by atoms with Crippen molar-refractivity contribution < 1.29 is 13.2 Å². The molecule has 2 aromatic heterocycles. The Morgan fingerprint density at radius 1 is 1.14 bits per heavy atom. The van der Waals surface area contributed by atoms with E-state index in [9.17, 15) is 13.6 Å². The second-order valence-corrected chi connectivity index (χ2v) is 10.2. The van der Waals surface area contributed by atoms with Gasteiger partial charge in [0.25, 0.3) is 11.5 Å². The van der Waals surface area contributed by atoms with Crippen molar-refractivity contribution in [2.75, 3.05) is 18.4 Å². The van der Waals surface area contributed by atoms with Gasteiger partial charge in [0.05, 0.1) is 17.0 Å². The number of anilines is 1. The Labute approximate surface area is 209 Å². The molecule has 1 aliphatic rings. The van der Waals surface area contributed by atoms with E-state index >= 15 is 4.39 Å². The lowest BCUT2D eigenvalue weighted by molar-refractivity contribution is 0.0136. The van der Waals surface area contributed by atoms with Gasteiger partial charge in [0, 0.05) is 37.2 Å². The molecule has 0 aliphatic carbocycles. The number of nitrogens with one attached hydrogen (secondary N) is 1. The summed E-state index contributed by atoms with van der Waals surface area (Å²) in [5, 5.41) is 3.72. The average molecular weight is 502 g/mol. The van der Waals surface area contributed by atoms with Gasteiger partial charge in [0.15, 0.2) is 0 Å². The maximum atomic E-state index is 15.0. The molecule has 0 radical (unpaired) electrons. The first kappa shape index (κ1) is 26.1. The van der Waals surface area contributed by atoms with Crippen LogP contribution in [0.1, 0.15) is 75.1 Å². The first-order chi connectivity index (χ1) is 16.9. The zero-order valence-electron chi connectivity index (χ0n) is 21.7. The van der Waals surface area contributed by atoms with Gasteiger partial charge in [-0.05, 0) is 59.7 Å². The monoisotopic (exact) mass is 501 g/mol. The topological polar surface area (TPSA) is 63.1 Å². The van der Waals surface area contributed by atoms with E-state index in [1.165, 1.54) is 12.1 Å². The number of likely N-dealkylation sites (tertiary alicyclic amines) is 1. The summed E-state index contributed by atoms with van der Waals surface area (Å²) >= 11 is 0. The molecule has 3 heterocycles. The number of pyridine rings is 1. The zero-order chi connectivity index (χ0) is 26.4. The molecule has 6 nitrogen and oxygen atoms in total. The number of benzene rings is 1. The summed E-state index contributed by atoms with van der Waals surface area (Å²) in [6.45, 7) is 10.3. The molecule has 1 aromatic carbocycles. The lowest BCUT2D eigenvalue weighted by Gasteiger charge is -2.35. The summed E-state index contributed by atoms with van der Waals surface area (Å²) in [4.78, 5) is 24.7. The summed E-state index contributed by atoms with van der Waals surface area (Å²) in [6.07, 6.45) is 1.87. The summed E-state index contributed by atoms with van der Waals surface area (Å²) in [7, 11) is 1.77. The van der Waals surface area contributed by atoms with Crippen molar-refractivity contribution in [1.29, 1.82) is 0 Å². The number of aryl methyl sites for hydroxylation is 1. The number of hydrogen-bond donors (Lipinski definition) is 1. The highest BCUT2D eigenvalue weighted by molar-refractivity contribution is 5.89. The van der Waals surface area contributed by atoms with Crippen molar-refractivity contribution >= 4 is 16.7 Å². The number of halogens is 3. The largest absolute Gasteiger partial charge is 0.363 e. The summed E-state index contributed by atoms with van der Waals surface area (Å²) < 4.78 is 44.5. The highest BCUT2D eigenvalue weighted by atomic mass is 19.3. The molecule has 0 unspecified atom stereocenters. The molecule has 0 spiro atoms. The zero-order valence-corrected chi connectivity index (χ0v) is 21.7. The van der Waals surface area contributed by atoms with Crippen LogP contribution in [0.3, 0.4) is 0 Å². The van der Waals surface area contributed by atoms with E-state index in [1.807, 2.05) is 6.07 Å². The van der Waals surface area contributed by atoms with Gasteiger partial charge in [-0.3, -0.25) is 4.79 Å². The number of fused-ring (bicyclic) bond motifs is 1. The SMILES string of the molecule is Cc1nc(N[C@H](C)c2cccc(C(C)(F)F)c2F)c2cc(C3CCN(C(C)C)CC3)n(C)c(=O)c2n1. The molecule has 194 valence electrons. The molecule has 3 aromatic rings. The Bertz CT molecular complexity index is 1320. The van der Waals surface area contributed by atoms with Gasteiger partial charge in [-0.1, -0.05) is 18.2 Å². The fourth-order valence-electron chi connectivity index (χ4n) is 5.12. The van der Waals surface area contributed by atoms with Crippen molar-refractivity contribution in [1.82, 2.24) is 19.4 Å². The van der Waals surface area contributed by atoms with E-state index in [0.29, 0.717) is 30.0 Å². The molecule has 0 bridgehead atoms. The third-order valence-electron chi connectivity index (χ3n) is 7.24. The Morgan fingerprint density at radius 3 is 2.42 bits per heavy atom. The third-order valence-corrected chi connectivity index (χ3v) is 7.24. The molecule has 0 saturated carbocycles. The van der Waals surface area contributed by atoms with Crippen LogP contribution >= 0.6 is 0 Å². The molecule has 36 heavy (non-hydrogen) atoms. The van der Waals surface area contributed by atoms with Gasteiger partial charge in [-0.2, -0.15) is 0 Å². The molecule has 1 saturated heterocycles. The van der Waals surface area contributed by atoms with E-state index < -0.39 is 23.3 Å². The highest BCUT2D eigenvalue weighted by Crippen LogP contribution is 2.34. The molecule has 9 heteroatoms. The van der Waals surface area contributed by atoms with Gasteiger partial charge in [-0.15, -0.1) is 0 Å². The number of nitrogens with zero attached hydrogens (tertiary/aromatic N) is 4. The van der Waals surface area contributed by atoms with Crippen molar-refractivity contribution in [2.45, 2.75) is 71.4 Å². The smallest absolute Gasteiger partial charge is 0.277 e. The minimum absolute atomic E-state index is 0.101. The Kier molecular flexibility index (Phi) is 7.14. The van der Waals surface area contributed by atoms with E-state index in [2.05, 4.69) is 34.0 Å². The minimum Gasteiger partial charge on any atom is -0.363 e. The first-order valence-corrected chi connectivity index (χ1v) is 12.4. The van der Waals surface area contributed by atoms with Crippen LogP contribution in [0.4, 0.5) is 19.0 Å². The Hall–Kier alpha value is -2.94. The fraction of sp³-hybridized carbons (Fsp3) is 0.519. The lowest BCUT2D eigenvalue weighted by Crippen LogP contribution is -2.38. The van der Waals surface area contributed by atoms with Crippen LogP contribution in [-0.2, 0) is 13.0 Å². The van der Waals surface area contributed by atoms with Gasteiger partial charge in [-0.25, -0.2) is 23.1 Å². The van der Waals surface area contributed by atoms with Crippen LogP contribution in [0.2, 0.25) is 0 Å². The Balaban J connectivity index is 1.74. The van der Waals surface area contributed by atoms with Crippen LogP contribution < -0.4 is 10.9 Å². The molecular formula is C27H34F3N5O. The number of alkyl halides is 2. The standard InChI is InChI=1S/C27H34F3N5O/c1-15(2)35-12-10-18(11-13-35)22-14-20-24(26(36)34(22)6)32-17(4)33-25(20)31-16(3)19-8-7-9-21(23(19)28)27(5,29)30/h7-9,14-16,18H,10-13H2,1-6H3,(H,31,32,33)/t16-/m1/s1. The van der Waals surface area contributed by atoms with E-state index in [-0.39, 0.29) is 22.6 Å². The predicted molar refractivity (Wildman–Crippen MR) is 136 cm³/mol. The first-order valence-electron chi connectivity index (χ1n) is 12.4. The van der Waals surface area contributed by atoms with E-state index in [0.717, 1.165) is 37.7 Å². The summed E-state index contributed by atoms with van der Waals surface area (Å²) in [5.41, 5.74) is 0.425. The molecule has 4 rings (SSSR count). The van der Waals surface area contributed by atoms with Crippen LogP contribution in [0.25, 0.3) is 10.9 Å². The maximum absolute atomic E-state index is 15.0. The quantitative estimate of drug-likeness (QED) is 0.473. The molecule has 1 atom stereocenters. The lowest BCUT2D eigenvalue weighted by atomic mass is 9.91. The van der Waals surface area contributed by atoms with Gasteiger partial charge < -0.3 is 14.8 Å². The van der Waals surface area contributed by atoms with Crippen LogP contribution in [0.5, 0.6) is 0 Å². The predicted octanol–water partition coefficient (Wildman–Crippen LogP) is 5.65. The normalized spacial score (nSPS) is 16.6. The van der Waals surface area contributed by atoms with Crippen LogP contribution in [-0.4, -0.2) is 38.6 Å². The molecular weight excluding hydrogens is 467 g/mol. The highest BCUT2D eigenvalue weighted by Gasteiger charge is 2.30. The van der Waals surface area contributed by atoms with Crippen LogP contribution in [0.15, 0.2) is 29.1 Å². The minimum atomic E-state index is -3.30. The van der Waals surface area contributed by atoms with Crippen molar-refractivity contribution in [3.63, 3.8) is 0 Å². The maximum Gasteiger partial charge on any atom is 0.277 e. The number of hydrogen-bond acceptors (Lipinski definition) is 5. The molecule has 1 N–H and O–H groups in total. The Morgan fingerprint density at radius 2 is 1.81 bits per heavy atom. The second-order valence-electron chi connectivity index (χ2n) is 10.2. The third kappa shape index (κ3) is 4.98. The number of aromatic nitrogens is 3. The van der Waals surface area contributed by atoms with E-state index in [4.69, 9.17) is 0 Å². The van der Waals surface area contributed by atoms with Gasteiger partial charge in [0.2, 0.25) is 0 Å². The van der Waals surface area contributed by atoms with Crippen molar-refractivity contribution in [3.8, 4) is 0 Å². The average Bonchev–Trinajstić information content (AvgIpc) is 2.81. The molecule has 1 aliphatic heterocycles. The van der Waals surface area contributed by atoms with Crippen LogP contribution in [0, 0.1) is 12.7 Å². The van der Waals surface area contributed by atoms with Gasteiger partial charge >= 0.3 is 0 Å². The summed E-state index contributed by atoms with van der Waals surface area (Å²) in [6, 6.07) is 5.75. The summed E-state index contributed by atoms with van der Waals surface area (Å²) in [5.74, 6) is -3.26. The second kappa shape index (κ2) is 9.84. The number of piperidine rings is 1.